The van der Waals surface area contributed by atoms with Crippen LogP contribution in [0.15, 0.2) is 29.0 Å². The van der Waals surface area contributed by atoms with Gasteiger partial charge in [-0.25, -0.2) is 0 Å². The Labute approximate surface area is 106 Å². The van der Waals surface area contributed by atoms with Crippen molar-refractivity contribution in [2.75, 3.05) is 0 Å². The zero-order valence-electron chi connectivity index (χ0n) is 10.7. The van der Waals surface area contributed by atoms with Crippen LogP contribution in [0.3, 0.4) is 0 Å². The second-order valence-corrected chi connectivity index (χ2v) is 4.85. The lowest BCUT2D eigenvalue weighted by atomic mass is 10.0. The molecule has 0 radical (unpaired) electrons. The Hall–Kier alpha value is -1.75. The molecule has 1 unspecified atom stereocenters. The largest absolute Gasteiger partial charge is 0.339 e. The summed E-state index contributed by atoms with van der Waals surface area (Å²) in [6, 6.07) is 3.80. The average molecular weight is 246 g/mol. The summed E-state index contributed by atoms with van der Waals surface area (Å²) in [6.45, 7) is 4.30. The molecule has 2 aromatic rings. The van der Waals surface area contributed by atoms with Crippen molar-refractivity contribution >= 4 is 0 Å². The smallest absolute Gasteiger partial charge is 0.228 e. The van der Waals surface area contributed by atoms with Gasteiger partial charge in [-0.1, -0.05) is 19.0 Å². The Balaban J connectivity index is 2.03. The molecule has 0 spiro atoms. The molecule has 18 heavy (non-hydrogen) atoms. The number of hydrogen-bond acceptors (Lipinski definition) is 5. The van der Waals surface area contributed by atoms with E-state index >= 15 is 0 Å². The van der Waals surface area contributed by atoms with E-state index in [9.17, 15) is 0 Å². The van der Waals surface area contributed by atoms with Crippen molar-refractivity contribution in [3.8, 4) is 11.4 Å². The number of nitrogens with two attached hydrogens (primary N) is 1. The molecule has 0 aliphatic heterocycles. The van der Waals surface area contributed by atoms with Gasteiger partial charge >= 0.3 is 0 Å². The highest BCUT2D eigenvalue weighted by Crippen LogP contribution is 2.15. The summed E-state index contributed by atoms with van der Waals surface area (Å²) >= 11 is 0. The lowest BCUT2D eigenvalue weighted by Crippen LogP contribution is -2.24. The van der Waals surface area contributed by atoms with E-state index in [-0.39, 0.29) is 6.04 Å². The number of hydrogen-bond donors (Lipinski definition) is 1. The van der Waals surface area contributed by atoms with Crippen LogP contribution in [0.5, 0.6) is 0 Å². The molecule has 0 amide bonds. The predicted octanol–water partition coefficient (Wildman–Crippen LogP) is 2.05. The fraction of sp³-hybridized carbons (Fsp3) is 0.462. The molecular formula is C13H18N4O. The van der Waals surface area contributed by atoms with Gasteiger partial charge in [0.05, 0.1) is 0 Å². The van der Waals surface area contributed by atoms with Crippen LogP contribution in [0.4, 0.5) is 0 Å². The minimum atomic E-state index is 0.0622. The van der Waals surface area contributed by atoms with Gasteiger partial charge < -0.3 is 10.3 Å². The van der Waals surface area contributed by atoms with E-state index in [1.807, 2.05) is 12.1 Å². The van der Waals surface area contributed by atoms with Gasteiger partial charge in [0.1, 0.15) is 0 Å². The van der Waals surface area contributed by atoms with E-state index < -0.39 is 0 Å². The Morgan fingerprint density at radius 1 is 1.39 bits per heavy atom. The van der Waals surface area contributed by atoms with Crippen LogP contribution in [-0.4, -0.2) is 21.2 Å². The summed E-state index contributed by atoms with van der Waals surface area (Å²) in [5, 5.41) is 3.94. The summed E-state index contributed by atoms with van der Waals surface area (Å²) < 4.78 is 5.20. The van der Waals surface area contributed by atoms with Gasteiger partial charge in [0.15, 0.2) is 0 Å². The maximum atomic E-state index is 6.01. The topological polar surface area (TPSA) is 77.8 Å². The molecular weight excluding hydrogens is 228 g/mol. The monoisotopic (exact) mass is 246 g/mol. The van der Waals surface area contributed by atoms with Crippen LogP contribution in [0.2, 0.25) is 0 Å². The van der Waals surface area contributed by atoms with Gasteiger partial charge in [-0.05, 0) is 24.5 Å². The highest BCUT2D eigenvalue weighted by Gasteiger charge is 2.13. The van der Waals surface area contributed by atoms with E-state index in [0.717, 1.165) is 12.0 Å². The zero-order chi connectivity index (χ0) is 13.0. The molecule has 5 nitrogen and oxygen atoms in total. The van der Waals surface area contributed by atoms with E-state index in [1.54, 1.807) is 12.4 Å². The second kappa shape index (κ2) is 5.73. The van der Waals surface area contributed by atoms with Crippen LogP contribution < -0.4 is 5.73 Å². The zero-order valence-corrected chi connectivity index (χ0v) is 10.7. The molecule has 2 rings (SSSR count). The number of pyridine rings is 1. The van der Waals surface area contributed by atoms with Crippen molar-refractivity contribution in [2.24, 2.45) is 11.7 Å². The maximum Gasteiger partial charge on any atom is 0.228 e. The Morgan fingerprint density at radius 3 is 2.89 bits per heavy atom. The Morgan fingerprint density at radius 2 is 2.22 bits per heavy atom. The van der Waals surface area contributed by atoms with Crippen LogP contribution in [0.1, 0.15) is 26.2 Å². The highest BCUT2D eigenvalue weighted by atomic mass is 16.5. The fourth-order valence-corrected chi connectivity index (χ4v) is 1.86. The van der Waals surface area contributed by atoms with Crippen LogP contribution in [0, 0.1) is 5.92 Å². The lowest BCUT2D eigenvalue weighted by molar-refractivity contribution is 0.359. The van der Waals surface area contributed by atoms with Gasteiger partial charge in [0, 0.05) is 30.4 Å². The summed E-state index contributed by atoms with van der Waals surface area (Å²) in [5.74, 6) is 1.72. The summed E-state index contributed by atoms with van der Waals surface area (Å²) in [5.41, 5.74) is 6.87. The van der Waals surface area contributed by atoms with Crippen LogP contribution in [-0.2, 0) is 6.42 Å². The van der Waals surface area contributed by atoms with Crippen LogP contribution in [0.25, 0.3) is 11.4 Å². The second-order valence-electron chi connectivity index (χ2n) is 4.85. The van der Waals surface area contributed by atoms with Gasteiger partial charge in [0.2, 0.25) is 11.7 Å². The Bertz CT molecular complexity index is 481. The first-order valence-corrected chi connectivity index (χ1v) is 6.13. The molecule has 0 aromatic carbocycles. The third kappa shape index (κ3) is 3.37. The normalized spacial score (nSPS) is 12.9. The van der Waals surface area contributed by atoms with Crippen LogP contribution >= 0.6 is 0 Å². The molecule has 0 aliphatic carbocycles. The molecule has 0 saturated heterocycles. The van der Waals surface area contributed by atoms with E-state index in [0.29, 0.717) is 24.1 Å². The quantitative estimate of drug-likeness (QED) is 0.873. The minimum Gasteiger partial charge on any atom is -0.339 e. The molecule has 0 bridgehead atoms. The average Bonchev–Trinajstić information content (AvgIpc) is 2.77. The lowest BCUT2D eigenvalue weighted by Gasteiger charge is -2.10. The van der Waals surface area contributed by atoms with E-state index in [2.05, 4.69) is 29.0 Å². The van der Waals surface area contributed by atoms with Crippen molar-refractivity contribution in [1.29, 1.82) is 0 Å². The number of rotatable bonds is 5. The third-order valence-corrected chi connectivity index (χ3v) is 2.60. The van der Waals surface area contributed by atoms with Gasteiger partial charge in [-0.2, -0.15) is 4.98 Å². The predicted molar refractivity (Wildman–Crippen MR) is 68.7 cm³/mol. The number of aromatic nitrogens is 3. The molecule has 2 heterocycles. The van der Waals surface area contributed by atoms with Gasteiger partial charge in [-0.15, -0.1) is 0 Å². The highest BCUT2D eigenvalue weighted by molar-refractivity contribution is 5.51. The summed E-state index contributed by atoms with van der Waals surface area (Å²) in [6.07, 6.45) is 4.99. The first-order valence-electron chi connectivity index (χ1n) is 6.13. The molecule has 0 fully saturated rings. The van der Waals surface area contributed by atoms with Crippen molar-refractivity contribution in [1.82, 2.24) is 15.1 Å². The molecule has 0 saturated carbocycles. The Kier molecular flexibility index (Phi) is 4.04. The molecule has 96 valence electrons. The molecule has 2 aromatic heterocycles. The molecule has 2 N–H and O–H groups in total. The fourth-order valence-electron chi connectivity index (χ4n) is 1.86. The van der Waals surface area contributed by atoms with Crippen molar-refractivity contribution in [3.63, 3.8) is 0 Å². The summed E-state index contributed by atoms with van der Waals surface area (Å²) in [4.78, 5) is 8.35. The van der Waals surface area contributed by atoms with Gasteiger partial charge in [-0.3, -0.25) is 4.98 Å². The standard InChI is InChI=1S/C13H18N4O/c1-9(2)6-11(14)7-12-16-13(17-18-12)10-4-3-5-15-8-10/h3-5,8-9,11H,6-7,14H2,1-2H3. The first kappa shape index (κ1) is 12.7. The van der Waals surface area contributed by atoms with E-state index in [1.165, 1.54) is 0 Å². The molecule has 5 heteroatoms. The van der Waals surface area contributed by atoms with Gasteiger partial charge in [0.25, 0.3) is 0 Å². The SMILES string of the molecule is CC(C)CC(N)Cc1nc(-c2cccnc2)no1. The van der Waals surface area contributed by atoms with E-state index in [4.69, 9.17) is 10.3 Å². The number of nitrogens with zero attached hydrogens (tertiary/aromatic N) is 3. The maximum absolute atomic E-state index is 6.01. The first-order chi connectivity index (χ1) is 8.65. The third-order valence-electron chi connectivity index (χ3n) is 2.60. The minimum absolute atomic E-state index is 0.0622. The molecule has 0 aliphatic rings. The van der Waals surface area contributed by atoms with Crippen molar-refractivity contribution in [2.45, 2.75) is 32.7 Å². The van der Waals surface area contributed by atoms with Crippen molar-refractivity contribution < 1.29 is 4.52 Å². The summed E-state index contributed by atoms with van der Waals surface area (Å²) in [7, 11) is 0. The molecule has 1 atom stereocenters. The van der Waals surface area contributed by atoms with Crippen molar-refractivity contribution in [3.05, 3.63) is 30.4 Å².